The van der Waals surface area contributed by atoms with Crippen LogP contribution in [0.5, 0.6) is 0 Å². The molecule has 0 N–H and O–H groups in total. The highest BCUT2D eigenvalue weighted by atomic mass is 19.4. The predicted molar refractivity (Wildman–Crippen MR) is 32.5 cm³/mol. The number of hydrogen-bond acceptors (Lipinski definition) is 0. The number of alkyl halides is 3. The van der Waals surface area contributed by atoms with Gasteiger partial charge in [0.25, 0.3) is 0 Å². The molecule has 1 rings (SSSR count). The lowest BCUT2D eigenvalue weighted by Gasteiger charge is -2.14. The van der Waals surface area contributed by atoms with Gasteiger partial charge in [0.2, 0.25) is 0 Å². The number of rotatable bonds is 1. The number of hydrogen-bond donors (Lipinski definition) is 0. The predicted octanol–water partition coefficient (Wildman–Crippen LogP) is 2.84. The van der Waals surface area contributed by atoms with Crippen molar-refractivity contribution in [2.45, 2.75) is 26.4 Å². The zero-order valence-electron chi connectivity index (χ0n) is 6.07. The third-order valence-corrected chi connectivity index (χ3v) is 2.33. The van der Waals surface area contributed by atoms with Crippen molar-refractivity contribution in [2.75, 3.05) is 0 Å². The summed E-state index contributed by atoms with van der Waals surface area (Å²) in [6.45, 7) is 3.14. The molecular formula is C7H11F3. The van der Waals surface area contributed by atoms with Gasteiger partial charge in [-0.2, -0.15) is 13.2 Å². The first-order valence-electron chi connectivity index (χ1n) is 3.49. The van der Waals surface area contributed by atoms with Crippen LogP contribution in [0.1, 0.15) is 20.3 Å². The Morgan fingerprint density at radius 2 is 1.80 bits per heavy atom. The Morgan fingerprint density at radius 3 is 1.90 bits per heavy atom. The first kappa shape index (κ1) is 7.89. The van der Waals surface area contributed by atoms with Crippen molar-refractivity contribution in [3.05, 3.63) is 0 Å². The molecule has 0 aromatic rings. The van der Waals surface area contributed by atoms with Crippen LogP contribution in [0.15, 0.2) is 0 Å². The fourth-order valence-corrected chi connectivity index (χ4v) is 1.29. The van der Waals surface area contributed by atoms with Gasteiger partial charge in [-0.1, -0.05) is 13.8 Å². The van der Waals surface area contributed by atoms with E-state index in [4.69, 9.17) is 0 Å². The van der Waals surface area contributed by atoms with Gasteiger partial charge in [-0.25, -0.2) is 0 Å². The lowest BCUT2D eigenvalue weighted by Crippen LogP contribution is -2.21. The molecule has 0 spiro atoms. The van der Waals surface area contributed by atoms with E-state index in [-0.39, 0.29) is 11.8 Å². The minimum atomic E-state index is -3.98. The third-order valence-electron chi connectivity index (χ3n) is 2.33. The fraction of sp³-hybridized carbons (Fsp3) is 1.00. The summed E-state index contributed by atoms with van der Waals surface area (Å²) in [4.78, 5) is 0. The van der Waals surface area contributed by atoms with Gasteiger partial charge < -0.3 is 0 Å². The van der Waals surface area contributed by atoms with Gasteiger partial charge in [0.15, 0.2) is 0 Å². The van der Waals surface area contributed by atoms with Crippen LogP contribution in [-0.4, -0.2) is 6.18 Å². The van der Waals surface area contributed by atoms with Crippen LogP contribution in [0.3, 0.4) is 0 Å². The van der Waals surface area contributed by atoms with Crippen molar-refractivity contribution in [1.82, 2.24) is 0 Å². The van der Waals surface area contributed by atoms with Gasteiger partial charge >= 0.3 is 6.18 Å². The average molecular weight is 152 g/mol. The molecule has 0 saturated heterocycles. The van der Waals surface area contributed by atoms with Crippen LogP contribution >= 0.6 is 0 Å². The van der Waals surface area contributed by atoms with Crippen molar-refractivity contribution in [3.63, 3.8) is 0 Å². The van der Waals surface area contributed by atoms with Crippen LogP contribution in [0.25, 0.3) is 0 Å². The summed E-state index contributed by atoms with van der Waals surface area (Å²) >= 11 is 0. The Labute approximate surface area is 58.4 Å². The van der Waals surface area contributed by atoms with Crippen LogP contribution in [0.4, 0.5) is 13.2 Å². The Morgan fingerprint density at radius 1 is 1.40 bits per heavy atom. The molecule has 0 bridgehead atoms. The van der Waals surface area contributed by atoms with Crippen molar-refractivity contribution in [3.8, 4) is 0 Å². The van der Waals surface area contributed by atoms with Gasteiger partial charge in [0.05, 0.1) is 5.92 Å². The SMILES string of the molecule is CC1CC1C(C)C(F)(F)F. The first-order valence-corrected chi connectivity index (χ1v) is 3.49. The molecule has 0 amide bonds. The van der Waals surface area contributed by atoms with Crippen molar-refractivity contribution in [1.29, 1.82) is 0 Å². The molecule has 0 nitrogen and oxygen atoms in total. The van der Waals surface area contributed by atoms with Crippen molar-refractivity contribution < 1.29 is 13.2 Å². The van der Waals surface area contributed by atoms with Crippen LogP contribution < -0.4 is 0 Å². The minimum absolute atomic E-state index is 0.0972. The van der Waals surface area contributed by atoms with E-state index in [0.29, 0.717) is 0 Å². The van der Waals surface area contributed by atoms with E-state index in [1.54, 1.807) is 0 Å². The molecule has 1 fully saturated rings. The molecular weight excluding hydrogens is 141 g/mol. The zero-order chi connectivity index (χ0) is 7.94. The van der Waals surface area contributed by atoms with Gasteiger partial charge in [0, 0.05) is 0 Å². The second kappa shape index (κ2) is 2.14. The second-order valence-corrected chi connectivity index (χ2v) is 3.21. The maximum absolute atomic E-state index is 11.9. The third kappa shape index (κ3) is 1.44. The molecule has 0 radical (unpaired) electrons. The normalized spacial score (nSPS) is 35.7. The molecule has 0 aromatic heterocycles. The molecule has 3 heteroatoms. The summed E-state index contributed by atoms with van der Waals surface area (Å²) in [6.07, 6.45) is -3.23. The molecule has 1 aliphatic rings. The van der Waals surface area contributed by atoms with Crippen LogP contribution in [0, 0.1) is 17.8 Å². The highest BCUT2D eigenvalue weighted by Gasteiger charge is 2.49. The molecule has 10 heavy (non-hydrogen) atoms. The highest BCUT2D eigenvalue weighted by molar-refractivity contribution is 4.89. The second-order valence-electron chi connectivity index (χ2n) is 3.21. The highest BCUT2D eigenvalue weighted by Crippen LogP contribution is 2.49. The van der Waals surface area contributed by atoms with E-state index in [1.807, 2.05) is 6.92 Å². The maximum atomic E-state index is 11.9. The molecule has 60 valence electrons. The molecule has 1 saturated carbocycles. The first-order chi connectivity index (χ1) is 4.43. The topological polar surface area (TPSA) is 0 Å². The van der Waals surface area contributed by atoms with Gasteiger partial charge in [-0.15, -0.1) is 0 Å². The molecule has 0 heterocycles. The van der Waals surface area contributed by atoms with E-state index in [9.17, 15) is 13.2 Å². The summed E-state index contributed by atoms with van der Waals surface area (Å²) in [5, 5.41) is 0. The molecule has 0 aliphatic heterocycles. The van der Waals surface area contributed by atoms with Gasteiger partial charge in [-0.05, 0) is 18.3 Å². The zero-order valence-corrected chi connectivity index (χ0v) is 6.07. The lowest BCUT2D eigenvalue weighted by atomic mass is 10.1. The maximum Gasteiger partial charge on any atom is 0.391 e. The lowest BCUT2D eigenvalue weighted by molar-refractivity contribution is -0.175. The van der Waals surface area contributed by atoms with E-state index >= 15 is 0 Å². The fourth-order valence-electron chi connectivity index (χ4n) is 1.29. The molecule has 0 aromatic carbocycles. The number of halogens is 3. The summed E-state index contributed by atoms with van der Waals surface area (Å²) < 4.78 is 35.7. The van der Waals surface area contributed by atoms with E-state index < -0.39 is 12.1 Å². The van der Waals surface area contributed by atoms with Gasteiger partial charge in [0.1, 0.15) is 0 Å². The Kier molecular flexibility index (Phi) is 1.69. The van der Waals surface area contributed by atoms with Crippen LogP contribution in [-0.2, 0) is 0 Å². The van der Waals surface area contributed by atoms with E-state index in [1.165, 1.54) is 6.92 Å². The summed E-state index contributed by atoms with van der Waals surface area (Å²) in [5.41, 5.74) is 0. The molecule has 3 unspecified atom stereocenters. The van der Waals surface area contributed by atoms with Crippen molar-refractivity contribution >= 4 is 0 Å². The molecule has 3 atom stereocenters. The summed E-state index contributed by atoms with van der Waals surface area (Å²) in [5.74, 6) is -0.904. The molecule has 1 aliphatic carbocycles. The van der Waals surface area contributed by atoms with E-state index in [2.05, 4.69) is 0 Å². The quantitative estimate of drug-likeness (QED) is 0.542. The summed E-state index contributed by atoms with van der Waals surface area (Å²) in [6, 6.07) is 0. The Hall–Kier alpha value is -0.210. The monoisotopic (exact) mass is 152 g/mol. The average Bonchev–Trinajstić information content (AvgIpc) is 2.42. The standard InChI is InChI=1S/C7H11F3/c1-4-3-6(4)5(2)7(8,9)10/h4-6H,3H2,1-2H3. The largest absolute Gasteiger partial charge is 0.391 e. The van der Waals surface area contributed by atoms with Gasteiger partial charge in [-0.3, -0.25) is 0 Å². The summed E-state index contributed by atoms with van der Waals surface area (Å²) in [7, 11) is 0. The smallest absolute Gasteiger partial charge is 0.171 e. The van der Waals surface area contributed by atoms with E-state index in [0.717, 1.165) is 6.42 Å². The Bertz CT molecular complexity index is 127. The minimum Gasteiger partial charge on any atom is -0.171 e. The Balaban J connectivity index is 2.42. The van der Waals surface area contributed by atoms with Crippen LogP contribution in [0.2, 0.25) is 0 Å². The van der Waals surface area contributed by atoms with Crippen molar-refractivity contribution in [2.24, 2.45) is 17.8 Å².